The lowest BCUT2D eigenvalue weighted by molar-refractivity contribution is 0.583. The Morgan fingerprint density at radius 2 is 2.00 bits per heavy atom. The molecule has 0 radical (unpaired) electrons. The Hall–Kier alpha value is -2.41. The number of fused-ring (bicyclic) bond motifs is 1. The van der Waals surface area contributed by atoms with Gasteiger partial charge in [0.1, 0.15) is 17.8 Å². The van der Waals surface area contributed by atoms with E-state index in [0.29, 0.717) is 0 Å². The molecule has 108 valence electrons. The van der Waals surface area contributed by atoms with E-state index < -0.39 is 0 Å². The molecular formula is C14H17N7. The van der Waals surface area contributed by atoms with Crippen molar-refractivity contribution < 1.29 is 0 Å². The first-order chi connectivity index (χ1) is 10.3. The third kappa shape index (κ3) is 2.15. The summed E-state index contributed by atoms with van der Waals surface area (Å²) in [5.74, 6) is 1.11. The largest absolute Gasteiger partial charge is 0.354 e. The Labute approximate surface area is 122 Å². The molecule has 0 spiro atoms. The van der Waals surface area contributed by atoms with Crippen LogP contribution in [0.2, 0.25) is 0 Å². The Morgan fingerprint density at radius 1 is 1.14 bits per heavy atom. The fraction of sp³-hybridized carbons (Fsp3) is 0.357. The number of aromatic nitrogens is 5. The molecule has 4 rings (SSSR count). The molecule has 7 nitrogen and oxygen atoms in total. The molecule has 0 saturated carbocycles. The highest BCUT2D eigenvalue weighted by molar-refractivity contribution is 5.63. The maximum Gasteiger partial charge on any atom is 0.141 e. The van der Waals surface area contributed by atoms with Crippen molar-refractivity contribution >= 4 is 11.5 Å². The van der Waals surface area contributed by atoms with Gasteiger partial charge in [-0.1, -0.05) is 0 Å². The number of nitrogens with zero attached hydrogens (tertiary/aromatic N) is 6. The van der Waals surface area contributed by atoms with Gasteiger partial charge in [0.25, 0.3) is 0 Å². The third-order valence-electron chi connectivity index (χ3n) is 3.83. The topological polar surface area (TPSA) is 63.3 Å². The molecular weight excluding hydrogens is 266 g/mol. The minimum absolute atomic E-state index is 0.896. The van der Waals surface area contributed by atoms with Gasteiger partial charge in [0.05, 0.1) is 18.1 Å². The van der Waals surface area contributed by atoms with Crippen molar-refractivity contribution in [2.75, 3.05) is 31.1 Å². The fourth-order valence-electron chi connectivity index (χ4n) is 2.71. The number of hydrogen-bond donors (Lipinski definition) is 1. The first-order valence-electron chi connectivity index (χ1n) is 7.09. The Balaban J connectivity index is 1.73. The van der Waals surface area contributed by atoms with Crippen LogP contribution in [0, 0.1) is 0 Å². The first kappa shape index (κ1) is 12.3. The number of hydrogen-bond acceptors (Lipinski definition) is 5. The van der Waals surface area contributed by atoms with Gasteiger partial charge in [0.2, 0.25) is 0 Å². The molecule has 0 atom stereocenters. The number of rotatable bonds is 2. The molecule has 1 saturated heterocycles. The number of piperazine rings is 1. The van der Waals surface area contributed by atoms with Crippen molar-refractivity contribution in [3.63, 3.8) is 0 Å². The third-order valence-corrected chi connectivity index (χ3v) is 3.83. The van der Waals surface area contributed by atoms with E-state index in [1.165, 1.54) is 0 Å². The van der Waals surface area contributed by atoms with Crippen LogP contribution in [-0.2, 0) is 7.05 Å². The summed E-state index contributed by atoms with van der Waals surface area (Å²) < 4.78 is 3.82. The fourth-order valence-corrected chi connectivity index (χ4v) is 2.71. The van der Waals surface area contributed by atoms with Crippen LogP contribution in [0.4, 0.5) is 5.82 Å². The van der Waals surface area contributed by atoms with Crippen molar-refractivity contribution in [2.45, 2.75) is 0 Å². The van der Waals surface area contributed by atoms with E-state index in [1.54, 1.807) is 4.68 Å². The zero-order chi connectivity index (χ0) is 14.2. The summed E-state index contributed by atoms with van der Waals surface area (Å²) in [5, 5.41) is 7.55. The highest BCUT2D eigenvalue weighted by Crippen LogP contribution is 2.21. The maximum atomic E-state index is 4.55. The van der Waals surface area contributed by atoms with Crippen LogP contribution >= 0.6 is 0 Å². The summed E-state index contributed by atoms with van der Waals surface area (Å²) in [6, 6.07) is 2.00. The van der Waals surface area contributed by atoms with Gasteiger partial charge in [0, 0.05) is 51.1 Å². The molecule has 3 aromatic rings. The Morgan fingerprint density at radius 3 is 2.76 bits per heavy atom. The predicted octanol–water partition coefficient (Wildman–Crippen LogP) is 0.539. The average molecular weight is 283 g/mol. The van der Waals surface area contributed by atoms with Crippen molar-refractivity contribution in [3.05, 3.63) is 31.0 Å². The zero-order valence-electron chi connectivity index (χ0n) is 11.9. The van der Waals surface area contributed by atoms with Gasteiger partial charge in [-0.15, -0.1) is 0 Å². The van der Waals surface area contributed by atoms with E-state index in [-0.39, 0.29) is 0 Å². The van der Waals surface area contributed by atoms with Crippen LogP contribution < -0.4 is 10.2 Å². The number of aryl methyl sites for hydroxylation is 1. The van der Waals surface area contributed by atoms with Gasteiger partial charge in [-0.05, 0) is 0 Å². The van der Waals surface area contributed by atoms with E-state index in [4.69, 9.17) is 0 Å². The molecule has 0 aromatic carbocycles. The summed E-state index contributed by atoms with van der Waals surface area (Å²) in [5.41, 5.74) is 2.82. The number of nitrogens with one attached hydrogen (secondary N) is 1. The van der Waals surface area contributed by atoms with Crippen molar-refractivity contribution in [2.24, 2.45) is 7.05 Å². The highest BCUT2D eigenvalue weighted by Gasteiger charge is 2.15. The van der Waals surface area contributed by atoms with Crippen LogP contribution in [0.25, 0.3) is 16.9 Å². The molecule has 0 unspecified atom stereocenters. The first-order valence-corrected chi connectivity index (χ1v) is 7.09. The minimum Gasteiger partial charge on any atom is -0.354 e. The smallest absolute Gasteiger partial charge is 0.141 e. The minimum atomic E-state index is 0.896. The Kier molecular flexibility index (Phi) is 2.85. The number of imidazole rings is 1. The summed E-state index contributed by atoms with van der Waals surface area (Å²) in [6.07, 6.45) is 7.55. The molecule has 21 heavy (non-hydrogen) atoms. The van der Waals surface area contributed by atoms with Crippen LogP contribution in [0.5, 0.6) is 0 Å². The van der Waals surface area contributed by atoms with Gasteiger partial charge in [-0.25, -0.2) is 9.97 Å². The molecule has 1 N–H and O–H groups in total. The van der Waals surface area contributed by atoms with Crippen LogP contribution in [-0.4, -0.2) is 50.3 Å². The van der Waals surface area contributed by atoms with Gasteiger partial charge in [-0.3, -0.25) is 9.08 Å². The lowest BCUT2D eigenvalue weighted by atomic mass is 10.2. The quantitative estimate of drug-likeness (QED) is 0.744. The summed E-state index contributed by atoms with van der Waals surface area (Å²) in [6.45, 7) is 4.01. The standard InChI is InChI=1S/C14H17N7/c1-19-9-11(7-18-19)12-6-13-16-8-14(21(13)10-17-12)20-4-2-15-3-5-20/h6-10,15H,2-5H2,1H3. The number of anilines is 1. The van der Waals surface area contributed by atoms with E-state index in [9.17, 15) is 0 Å². The molecule has 0 aliphatic carbocycles. The second kappa shape index (κ2) is 4.85. The van der Waals surface area contributed by atoms with Crippen LogP contribution in [0.3, 0.4) is 0 Å². The van der Waals surface area contributed by atoms with E-state index in [2.05, 4.69) is 25.3 Å². The SMILES string of the molecule is Cn1cc(-c2cc3ncc(N4CCNCC4)n3cn2)cn1. The van der Waals surface area contributed by atoms with Crippen LogP contribution in [0.15, 0.2) is 31.0 Å². The predicted molar refractivity (Wildman–Crippen MR) is 80.3 cm³/mol. The summed E-state index contributed by atoms with van der Waals surface area (Å²) in [4.78, 5) is 11.4. The lowest BCUT2D eigenvalue weighted by Crippen LogP contribution is -2.44. The molecule has 7 heteroatoms. The molecule has 0 amide bonds. The van der Waals surface area contributed by atoms with E-state index >= 15 is 0 Å². The van der Waals surface area contributed by atoms with Crippen molar-refractivity contribution in [1.82, 2.24) is 29.5 Å². The van der Waals surface area contributed by atoms with E-state index in [0.717, 1.165) is 48.9 Å². The molecule has 3 aromatic heterocycles. The average Bonchev–Trinajstić information content (AvgIpc) is 3.13. The van der Waals surface area contributed by atoms with E-state index in [1.807, 2.05) is 42.4 Å². The molecule has 4 heterocycles. The summed E-state index contributed by atoms with van der Waals surface area (Å²) >= 11 is 0. The van der Waals surface area contributed by atoms with Gasteiger partial charge in [-0.2, -0.15) is 5.10 Å². The normalized spacial score (nSPS) is 15.8. The molecule has 1 fully saturated rings. The van der Waals surface area contributed by atoms with Gasteiger partial charge >= 0.3 is 0 Å². The molecule has 0 bridgehead atoms. The second-order valence-electron chi connectivity index (χ2n) is 5.26. The molecule has 1 aliphatic rings. The lowest BCUT2D eigenvalue weighted by Gasteiger charge is -2.28. The van der Waals surface area contributed by atoms with Gasteiger partial charge in [0.15, 0.2) is 0 Å². The zero-order valence-corrected chi connectivity index (χ0v) is 11.9. The van der Waals surface area contributed by atoms with Crippen molar-refractivity contribution in [3.8, 4) is 11.3 Å². The molecule has 1 aliphatic heterocycles. The summed E-state index contributed by atoms with van der Waals surface area (Å²) in [7, 11) is 1.90. The monoisotopic (exact) mass is 283 g/mol. The maximum absolute atomic E-state index is 4.55. The van der Waals surface area contributed by atoms with Crippen LogP contribution in [0.1, 0.15) is 0 Å². The Bertz CT molecular complexity index is 767. The van der Waals surface area contributed by atoms with Gasteiger partial charge < -0.3 is 10.2 Å². The highest BCUT2D eigenvalue weighted by atomic mass is 15.3. The van der Waals surface area contributed by atoms with Crippen molar-refractivity contribution in [1.29, 1.82) is 0 Å². The second-order valence-corrected chi connectivity index (χ2v) is 5.26.